The lowest BCUT2D eigenvalue weighted by Crippen LogP contribution is -2.53. The quantitative estimate of drug-likeness (QED) is 0.0652. The lowest BCUT2D eigenvalue weighted by atomic mass is 9.91. The van der Waals surface area contributed by atoms with Crippen LogP contribution in [0.1, 0.15) is 36.5 Å². The van der Waals surface area contributed by atoms with Gasteiger partial charge in [0.15, 0.2) is 17.2 Å². The van der Waals surface area contributed by atoms with Crippen LogP contribution in [0.2, 0.25) is 0 Å². The van der Waals surface area contributed by atoms with E-state index in [1.807, 2.05) is 0 Å². The first-order chi connectivity index (χ1) is 24.3. The van der Waals surface area contributed by atoms with Crippen LogP contribution in [0, 0.1) is 12.4 Å². The number of carboxylic acid groups (broad SMARTS) is 1. The highest BCUT2D eigenvalue weighted by atomic mass is 19.4. The van der Waals surface area contributed by atoms with E-state index in [4.69, 9.17) is 25.5 Å². The molecule has 1 aliphatic rings. The van der Waals surface area contributed by atoms with Crippen LogP contribution in [-0.4, -0.2) is 78.4 Å². The average molecular weight is 712 g/mol. The molecule has 14 heteroatoms. The summed E-state index contributed by atoms with van der Waals surface area (Å²) < 4.78 is 82.4. The van der Waals surface area contributed by atoms with E-state index in [1.54, 1.807) is 19.1 Å². The molecule has 0 aliphatic carbocycles. The summed E-state index contributed by atoms with van der Waals surface area (Å²) >= 11 is 0. The Morgan fingerprint density at radius 3 is 2.24 bits per heavy atom. The van der Waals surface area contributed by atoms with Gasteiger partial charge in [0.25, 0.3) is 0 Å². The lowest BCUT2D eigenvalue weighted by Gasteiger charge is -2.39. The second kappa shape index (κ2) is 15.3. The van der Waals surface area contributed by atoms with Crippen LogP contribution in [0.15, 0.2) is 66.6 Å². The van der Waals surface area contributed by atoms with E-state index in [1.165, 1.54) is 78.4 Å². The van der Waals surface area contributed by atoms with Gasteiger partial charge in [0.05, 0.1) is 27.4 Å². The number of aromatic nitrogens is 1. The number of methoxy groups -OCH3 is 2. The number of piperidine rings is 1. The van der Waals surface area contributed by atoms with Gasteiger partial charge >= 0.3 is 12.1 Å². The number of carbonyl (C=O) groups is 1. The van der Waals surface area contributed by atoms with Gasteiger partial charge in [0, 0.05) is 48.8 Å². The Morgan fingerprint density at radius 2 is 1.69 bits per heavy atom. The standard InChI is InChI=1S/C37H37F4N3O7/c1-5-50-33(35(45)46)18-24-16-31(48-3)34(32(17-24)49-4)51-27-12-14-43(15-13-27)22-36(47,37(39,40)41)29-21-44(20-23-6-8-25(38)9-7-23)30-19-26(42-2)10-11-28(29)30/h6-11,16-19,21,27,47H,5,12-15,20,22H2,1,3-4H3,(H,45,46). The van der Waals surface area contributed by atoms with Crippen molar-refractivity contribution in [3.05, 3.63) is 100 Å². The van der Waals surface area contributed by atoms with Gasteiger partial charge in [-0.2, -0.15) is 13.2 Å². The van der Waals surface area contributed by atoms with Crippen molar-refractivity contribution in [3.8, 4) is 17.2 Å². The number of carboxylic acids is 1. The number of aliphatic carboxylic acids is 1. The molecule has 2 heterocycles. The molecule has 0 bridgehead atoms. The zero-order valence-electron chi connectivity index (χ0n) is 28.2. The number of benzene rings is 3. The van der Waals surface area contributed by atoms with E-state index in [-0.39, 0.29) is 65.9 Å². The van der Waals surface area contributed by atoms with Crippen LogP contribution < -0.4 is 14.2 Å². The number of likely N-dealkylation sites (tertiary alicyclic amines) is 1. The van der Waals surface area contributed by atoms with Crippen LogP contribution >= 0.6 is 0 Å². The van der Waals surface area contributed by atoms with E-state index >= 15 is 0 Å². The highest BCUT2D eigenvalue weighted by Gasteiger charge is 2.57. The van der Waals surface area contributed by atoms with Crippen molar-refractivity contribution in [3.63, 3.8) is 0 Å². The molecule has 1 saturated heterocycles. The summed E-state index contributed by atoms with van der Waals surface area (Å²) in [5.74, 6) is -1.20. The van der Waals surface area contributed by atoms with Gasteiger partial charge in [-0.25, -0.2) is 14.0 Å². The van der Waals surface area contributed by atoms with Crippen molar-refractivity contribution in [2.75, 3.05) is 40.5 Å². The Hall–Kier alpha value is -5.26. The normalized spacial score (nSPS) is 15.6. The zero-order chi connectivity index (χ0) is 36.9. The number of hydrogen-bond acceptors (Lipinski definition) is 7. The summed E-state index contributed by atoms with van der Waals surface area (Å²) in [5, 5.41) is 21.2. The Bertz CT molecular complexity index is 1920. The third kappa shape index (κ3) is 8.05. The van der Waals surface area contributed by atoms with E-state index in [9.17, 15) is 32.6 Å². The first kappa shape index (κ1) is 37.0. The summed E-state index contributed by atoms with van der Waals surface area (Å²) in [5.41, 5.74) is -2.01. The van der Waals surface area contributed by atoms with Gasteiger partial charge in [-0.1, -0.05) is 24.3 Å². The van der Waals surface area contributed by atoms with Crippen molar-refractivity contribution in [1.29, 1.82) is 0 Å². The van der Waals surface area contributed by atoms with Crippen molar-refractivity contribution in [2.45, 2.75) is 44.2 Å². The molecule has 3 aromatic carbocycles. The summed E-state index contributed by atoms with van der Waals surface area (Å²) in [6, 6.07) is 13.0. The first-order valence-electron chi connectivity index (χ1n) is 16.1. The van der Waals surface area contributed by atoms with Gasteiger partial charge < -0.3 is 33.7 Å². The van der Waals surface area contributed by atoms with Crippen LogP contribution in [0.5, 0.6) is 17.2 Å². The largest absolute Gasteiger partial charge is 0.493 e. The Kier molecular flexibility index (Phi) is 11.1. The first-order valence-corrected chi connectivity index (χ1v) is 16.1. The summed E-state index contributed by atoms with van der Waals surface area (Å²) in [7, 11) is 2.82. The van der Waals surface area contributed by atoms with Crippen molar-refractivity contribution >= 4 is 28.6 Å². The van der Waals surface area contributed by atoms with E-state index < -0.39 is 36.2 Å². The summed E-state index contributed by atoms with van der Waals surface area (Å²) in [6.07, 6.45) is -2.28. The van der Waals surface area contributed by atoms with Gasteiger partial charge in [0.2, 0.25) is 17.1 Å². The maximum Gasteiger partial charge on any atom is 0.422 e. The van der Waals surface area contributed by atoms with Gasteiger partial charge in [-0.05, 0) is 67.3 Å². The molecule has 2 N–H and O–H groups in total. The molecule has 270 valence electrons. The predicted molar refractivity (Wildman–Crippen MR) is 181 cm³/mol. The third-order valence-electron chi connectivity index (χ3n) is 8.74. The van der Waals surface area contributed by atoms with Gasteiger partial charge in [-0.3, -0.25) is 4.90 Å². The molecule has 1 fully saturated rings. The summed E-state index contributed by atoms with van der Waals surface area (Å²) in [4.78, 5) is 16.5. The number of hydrogen-bond donors (Lipinski definition) is 2. The second-order valence-electron chi connectivity index (χ2n) is 12.1. The minimum atomic E-state index is -5.06. The molecule has 0 radical (unpaired) electrons. The molecular formula is C37H37F4N3O7. The summed E-state index contributed by atoms with van der Waals surface area (Å²) in [6.45, 7) is 8.90. The zero-order valence-corrected chi connectivity index (χ0v) is 28.2. The molecule has 5 rings (SSSR count). The Morgan fingerprint density at radius 1 is 1.04 bits per heavy atom. The van der Waals surface area contributed by atoms with Crippen molar-refractivity contribution in [2.24, 2.45) is 0 Å². The number of fused-ring (bicyclic) bond motifs is 1. The number of alkyl halides is 3. The fourth-order valence-corrected chi connectivity index (χ4v) is 6.17. The van der Waals surface area contributed by atoms with Gasteiger partial charge in [-0.15, -0.1) is 0 Å². The second-order valence-corrected chi connectivity index (χ2v) is 12.1. The van der Waals surface area contributed by atoms with E-state index in [2.05, 4.69) is 4.85 Å². The fraction of sp³-hybridized carbons (Fsp3) is 0.351. The van der Waals surface area contributed by atoms with Crippen LogP contribution in [0.25, 0.3) is 21.8 Å². The monoisotopic (exact) mass is 711 g/mol. The number of ether oxygens (including phenoxy) is 4. The Balaban J connectivity index is 1.38. The molecule has 0 saturated carbocycles. The highest BCUT2D eigenvalue weighted by Crippen LogP contribution is 2.45. The lowest BCUT2D eigenvalue weighted by molar-refractivity contribution is -0.272. The molecule has 1 unspecified atom stereocenters. The smallest absolute Gasteiger partial charge is 0.422 e. The molecule has 1 atom stereocenters. The number of aliphatic hydroxyl groups is 1. The molecule has 0 amide bonds. The SMILES string of the molecule is [C-]#[N+]c1ccc2c(C(O)(CN3CCC(Oc4c(OC)cc(C=C(OCC)C(=O)O)cc4OC)CC3)C(F)(F)F)cn(Cc3ccc(F)cc3)c2c1. The minimum Gasteiger partial charge on any atom is -0.493 e. The number of rotatable bonds is 13. The van der Waals surface area contributed by atoms with E-state index in [0.717, 1.165) is 0 Å². The molecule has 0 spiro atoms. The predicted octanol–water partition coefficient (Wildman–Crippen LogP) is 7.15. The number of halogens is 4. The molecule has 4 aromatic rings. The number of nitrogens with zero attached hydrogens (tertiary/aromatic N) is 3. The Labute approximate surface area is 291 Å². The molecule has 51 heavy (non-hydrogen) atoms. The molecule has 1 aromatic heterocycles. The topological polar surface area (TPSA) is 107 Å². The third-order valence-corrected chi connectivity index (χ3v) is 8.74. The maximum absolute atomic E-state index is 15.0. The van der Waals surface area contributed by atoms with Crippen molar-refractivity contribution in [1.82, 2.24) is 9.47 Å². The molecular weight excluding hydrogens is 674 g/mol. The van der Waals surface area contributed by atoms with Crippen molar-refractivity contribution < 1.29 is 51.5 Å². The number of β-amino-alcohol motifs (C(OH)–C–C–N with tert-alkyl or cyclic N) is 1. The molecule has 1 aliphatic heterocycles. The minimum absolute atomic E-state index is 0.0896. The van der Waals surface area contributed by atoms with Gasteiger partial charge in [0.1, 0.15) is 11.9 Å². The molecule has 10 nitrogen and oxygen atoms in total. The van der Waals surface area contributed by atoms with Crippen LogP contribution in [-0.2, 0) is 21.7 Å². The highest BCUT2D eigenvalue weighted by molar-refractivity contribution is 5.90. The van der Waals surface area contributed by atoms with Crippen LogP contribution in [0.3, 0.4) is 0 Å². The van der Waals surface area contributed by atoms with E-state index in [0.29, 0.717) is 29.5 Å². The van der Waals surface area contributed by atoms with Crippen LogP contribution in [0.4, 0.5) is 23.2 Å². The maximum atomic E-state index is 15.0. The fourth-order valence-electron chi connectivity index (χ4n) is 6.17. The average Bonchev–Trinajstić information content (AvgIpc) is 3.47.